The molecule has 1 N–H and O–H groups in total. The summed E-state index contributed by atoms with van der Waals surface area (Å²) in [5, 5.41) is 3.43. The van der Waals surface area contributed by atoms with Crippen LogP contribution in [-0.2, 0) is 0 Å². The van der Waals surface area contributed by atoms with Crippen molar-refractivity contribution in [3.05, 3.63) is 23.5 Å². The molecule has 0 aliphatic heterocycles. The molecule has 0 aromatic heterocycles. The Labute approximate surface area is 151 Å². The van der Waals surface area contributed by atoms with Gasteiger partial charge in [-0.2, -0.15) is 0 Å². The first kappa shape index (κ1) is 23.0. The minimum atomic E-state index is 0.199. The molecule has 0 bridgehead atoms. The molecule has 0 fully saturated rings. The van der Waals surface area contributed by atoms with Gasteiger partial charge in [-0.05, 0) is 61.3 Å². The molecular formula is C20H42N4. The molecule has 4 heteroatoms. The van der Waals surface area contributed by atoms with Crippen molar-refractivity contribution in [1.29, 1.82) is 0 Å². The standard InChI is InChI=1S/C20H42N4/c1-12-18(21-9)19(24(15(4)5)16(6)7)17(8)20(22(10)11)23(13-2)14-3/h15-16,20-21H,8,12-14H2,1-7,9-11H3. The van der Waals surface area contributed by atoms with Gasteiger partial charge in [0.1, 0.15) is 0 Å². The predicted molar refractivity (Wildman–Crippen MR) is 108 cm³/mol. The first-order chi connectivity index (χ1) is 11.2. The average molecular weight is 339 g/mol. The van der Waals surface area contributed by atoms with Gasteiger partial charge in [-0.3, -0.25) is 9.80 Å². The van der Waals surface area contributed by atoms with E-state index in [1.807, 2.05) is 7.05 Å². The number of hydrogen-bond donors (Lipinski definition) is 1. The topological polar surface area (TPSA) is 21.8 Å². The first-order valence-electron chi connectivity index (χ1n) is 9.46. The molecule has 0 spiro atoms. The molecule has 1 atom stereocenters. The zero-order valence-electron chi connectivity index (χ0n) is 17.9. The summed E-state index contributed by atoms with van der Waals surface area (Å²) in [7, 11) is 6.31. The molecule has 0 amide bonds. The van der Waals surface area contributed by atoms with Crippen molar-refractivity contribution >= 4 is 0 Å². The minimum absolute atomic E-state index is 0.199. The van der Waals surface area contributed by atoms with Crippen LogP contribution in [0, 0.1) is 0 Å². The number of allylic oxidation sites excluding steroid dienone is 1. The van der Waals surface area contributed by atoms with Gasteiger partial charge in [0.25, 0.3) is 0 Å². The summed E-state index contributed by atoms with van der Waals surface area (Å²) < 4.78 is 0. The smallest absolute Gasteiger partial charge is 0.0896 e. The van der Waals surface area contributed by atoms with Gasteiger partial charge in [-0.15, -0.1) is 0 Å². The summed E-state index contributed by atoms with van der Waals surface area (Å²) >= 11 is 0. The van der Waals surface area contributed by atoms with Crippen LogP contribution in [0.1, 0.15) is 54.9 Å². The predicted octanol–water partition coefficient (Wildman–Crippen LogP) is 3.73. The second kappa shape index (κ2) is 10.8. The van der Waals surface area contributed by atoms with Crippen LogP contribution in [-0.4, -0.2) is 67.2 Å². The Balaban J connectivity index is 6.23. The molecule has 0 saturated heterocycles. The molecule has 4 nitrogen and oxygen atoms in total. The van der Waals surface area contributed by atoms with Crippen molar-refractivity contribution in [2.24, 2.45) is 0 Å². The zero-order chi connectivity index (χ0) is 19.0. The van der Waals surface area contributed by atoms with Gasteiger partial charge < -0.3 is 10.2 Å². The van der Waals surface area contributed by atoms with E-state index in [1.165, 1.54) is 17.0 Å². The van der Waals surface area contributed by atoms with E-state index in [1.54, 1.807) is 0 Å². The van der Waals surface area contributed by atoms with Gasteiger partial charge in [0.15, 0.2) is 0 Å². The molecule has 0 rings (SSSR count). The first-order valence-corrected chi connectivity index (χ1v) is 9.46. The summed E-state index contributed by atoms with van der Waals surface area (Å²) in [6.07, 6.45) is 1.17. The molecule has 0 aliphatic rings. The van der Waals surface area contributed by atoms with Gasteiger partial charge in [0.2, 0.25) is 0 Å². The summed E-state index contributed by atoms with van der Waals surface area (Å²) in [4.78, 5) is 7.24. The van der Waals surface area contributed by atoms with E-state index < -0.39 is 0 Å². The summed E-state index contributed by atoms with van der Waals surface area (Å²) in [5.74, 6) is 0. The van der Waals surface area contributed by atoms with Crippen LogP contribution in [0.5, 0.6) is 0 Å². The second-order valence-electron chi connectivity index (χ2n) is 7.11. The van der Waals surface area contributed by atoms with Crippen LogP contribution in [0.25, 0.3) is 0 Å². The summed E-state index contributed by atoms with van der Waals surface area (Å²) in [6.45, 7) is 22.3. The molecule has 0 aromatic carbocycles. The normalized spacial score (nSPS) is 14.4. The van der Waals surface area contributed by atoms with Crippen molar-refractivity contribution < 1.29 is 0 Å². The van der Waals surface area contributed by atoms with Crippen LogP contribution in [0.15, 0.2) is 23.5 Å². The Hall–Kier alpha value is -1.00. The Morgan fingerprint density at radius 3 is 1.67 bits per heavy atom. The minimum Gasteiger partial charge on any atom is -0.390 e. The van der Waals surface area contributed by atoms with Gasteiger partial charge in [-0.1, -0.05) is 27.4 Å². The van der Waals surface area contributed by atoms with E-state index in [2.05, 4.69) is 89.2 Å². The lowest BCUT2D eigenvalue weighted by molar-refractivity contribution is 0.112. The number of likely N-dealkylation sites (N-methyl/N-ethyl adjacent to an activating group) is 2. The number of nitrogens with zero attached hydrogens (tertiary/aromatic N) is 3. The van der Waals surface area contributed by atoms with Gasteiger partial charge in [0.05, 0.1) is 11.9 Å². The maximum Gasteiger partial charge on any atom is 0.0896 e. The largest absolute Gasteiger partial charge is 0.390 e. The Bertz CT molecular complexity index is 392. The van der Waals surface area contributed by atoms with E-state index in [0.717, 1.165) is 19.5 Å². The second-order valence-corrected chi connectivity index (χ2v) is 7.11. The molecule has 0 aliphatic carbocycles. The maximum absolute atomic E-state index is 4.57. The molecule has 142 valence electrons. The Morgan fingerprint density at radius 1 is 0.958 bits per heavy atom. The summed E-state index contributed by atoms with van der Waals surface area (Å²) in [6, 6.07) is 0.845. The van der Waals surface area contributed by atoms with Crippen LogP contribution in [0.2, 0.25) is 0 Å². The lowest BCUT2D eigenvalue weighted by atomic mass is 10.0. The van der Waals surface area contributed by atoms with Crippen molar-refractivity contribution in [3.8, 4) is 0 Å². The highest BCUT2D eigenvalue weighted by Crippen LogP contribution is 2.29. The number of rotatable bonds is 11. The highest BCUT2D eigenvalue weighted by atomic mass is 15.3. The van der Waals surface area contributed by atoms with Crippen molar-refractivity contribution in [1.82, 2.24) is 20.0 Å². The van der Waals surface area contributed by atoms with E-state index in [0.29, 0.717) is 12.1 Å². The lowest BCUT2D eigenvalue weighted by Gasteiger charge is -2.43. The van der Waals surface area contributed by atoms with Crippen LogP contribution < -0.4 is 5.32 Å². The van der Waals surface area contributed by atoms with Gasteiger partial charge in [0, 0.05) is 30.4 Å². The molecule has 0 saturated carbocycles. The third-order valence-electron chi connectivity index (χ3n) is 4.58. The van der Waals surface area contributed by atoms with Crippen molar-refractivity contribution in [2.45, 2.75) is 73.1 Å². The highest BCUT2D eigenvalue weighted by Gasteiger charge is 2.30. The zero-order valence-corrected chi connectivity index (χ0v) is 17.9. The molecule has 24 heavy (non-hydrogen) atoms. The fraction of sp³-hybridized carbons (Fsp3) is 0.800. The highest BCUT2D eigenvalue weighted by molar-refractivity contribution is 5.36. The van der Waals surface area contributed by atoms with E-state index in [4.69, 9.17) is 0 Å². The number of nitrogens with one attached hydrogen (secondary N) is 1. The quantitative estimate of drug-likeness (QED) is 0.458. The molecule has 1 unspecified atom stereocenters. The van der Waals surface area contributed by atoms with Crippen LogP contribution in [0.4, 0.5) is 0 Å². The monoisotopic (exact) mass is 338 g/mol. The lowest BCUT2D eigenvalue weighted by Crippen LogP contribution is -2.49. The molecule has 0 radical (unpaired) electrons. The average Bonchev–Trinajstić information content (AvgIpc) is 2.50. The molecule has 0 aromatic rings. The Morgan fingerprint density at radius 2 is 1.42 bits per heavy atom. The SMILES string of the molecule is C=C(C(=C(CC)NC)N(C(C)C)C(C)C)C(N(C)C)N(CC)CC. The number of hydrogen-bond acceptors (Lipinski definition) is 4. The fourth-order valence-electron chi connectivity index (χ4n) is 3.64. The van der Waals surface area contributed by atoms with Gasteiger partial charge >= 0.3 is 0 Å². The maximum atomic E-state index is 4.57. The molecular weight excluding hydrogens is 296 g/mol. The third-order valence-corrected chi connectivity index (χ3v) is 4.58. The Kier molecular flexibility index (Phi) is 10.3. The summed E-state index contributed by atoms with van der Waals surface area (Å²) in [5.41, 5.74) is 3.72. The van der Waals surface area contributed by atoms with Crippen LogP contribution >= 0.6 is 0 Å². The van der Waals surface area contributed by atoms with E-state index >= 15 is 0 Å². The van der Waals surface area contributed by atoms with E-state index in [-0.39, 0.29) is 6.17 Å². The van der Waals surface area contributed by atoms with E-state index in [9.17, 15) is 0 Å². The van der Waals surface area contributed by atoms with Crippen molar-refractivity contribution in [3.63, 3.8) is 0 Å². The van der Waals surface area contributed by atoms with Gasteiger partial charge in [-0.25, -0.2) is 0 Å². The third kappa shape index (κ3) is 5.52. The van der Waals surface area contributed by atoms with Crippen molar-refractivity contribution in [2.75, 3.05) is 34.2 Å². The molecule has 0 heterocycles. The fourth-order valence-corrected chi connectivity index (χ4v) is 3.64. The van der Waals surface area contributed by atoms with Crippen LogP contribution in [0.3, 0.4) is 0 Å².